The van der Waals surface area contributed by atoms with Gasteiger partial charge in [0.15, 0.2) is 6.61 Å². The normalized spacial score (nSPS) is 9.67. The van der Waals surface area contributed by atoms with Crippen molar-refractivity contribution in [2.24, 2.45) is 0 Å². The second-order valence-electron chi connectivity index (χ2n) is 3.70. The van der Waals surface area contributed by atoms with Crippen LogP contribution in [0.2, 0.25) is 0 Å². The van der Waals surface area contributed by atoms with Crippen molar-refractivity contribution in [3.63, 3.8) is 0 Å². The van der Waals surface area contributed by atoms with Crippen molar-refractivity contribution in [2.45, 2.75) is 13.8 Å². The number of rotatable bonds is 4. The number of hydrogen-bond donors (Lipinski definition) is 1. The van der Waals surface area contributed by atoms with E-state index >= 15 is 0 Å². The van der Waals surface area contributed by atoms with Gasteiger partial charge in [0.2, 0.25) is 0 Å². The Morgan fingerprint density at radius 2 is 2.06 bits per heavy atom. The molecule has 0 atom stereocenters. The van der Waals surface area contributed by atoms with E-state index in [2.05, 4.69) is 11.3 Å². The molecule has 0 aliphatic carbocycles. The average Bonchev–Trinajstić information content (AvgIpc) is 2.34. The second kappa shape index (κ2) is 5.86. The van der Waals surface area contributed by atoms with Crippen LogP contribution in [-0.4, -0.2) is 18.5 Å². The van der Waals surface area contributed by atoms with Crippen LogP contribution in [0.4, 0.5) is 5.69 Å². The SMILES string of the molecule is C=COC(=O)COC(=O)c1ccc(C)c(C)c1N. The van der Waals surface area contributed by atoms with Gasteiger partial charge in [0.1, 0.15) is 0 Å². The van der Waals surface area contributed by atoms with E-state index in [1.807, 2.05) is 13.8 Å². The summed E-state index contributed by atoms with van der Waals surface area (Å²) in [6, 6.07) is 3.34. The van der Waals surface area contributed by atoms with Gasteiger partial charge in [-0.3, -0.25) is 0 Å². The molecule has 0 heterocycles. The van der Waals surface area contributed by atoms with Crippen molar-refractivity contribution in [1.29, 1.82) is 0 Å². The lowest BCUT2D eigenvalue weighted by Gasteiger charge is -2.10. The van der Waals surface area contributed by atoms with E-state index < -0.39 is 18.5 Å². The highest BCUT2D eigenvalue weighted by Crippen LogP contribution is 2.21. The largest absolute Gasteiger partial charge is 0.450 e. The molecule has 1 rings (SSSR count). The maximum absolute atomic E-state index is 11.7. The van der Waals surface area contributed by atoms with Crippen LogP contribution in [0.25, 0.3) is 0 Å². The summed E-state index contributed by atoms with van der Waals surface area (Å²) in [6.45, 7) is 6.45. The number of esters is 2. The van der Waals surface area contributed by atoms with Crippen LogP contribution in [-0.2, 0) is 14.3 Å². The molecule has 0 unspecified atom stereocenters. The third-order valence-electron chi connectivity index (χ3n) is 2.54. The molecule has 0 bridgehead atoms. The molecule has 0 spiro atoms. The minimum Gasteiger partial charge on any atom is -0.450 e. The fourth-order valence-corrected chi connectivity index (χ4v) is 1.34. The number of benzene rings is 1. The fourth-order valence-electron chi connectivity index (χ4n) is 1.34. The first kappa shape index (κ1) is 13.8. The Morgan fingerprint density at radius 1 is 1.39 bits per heavy atom. The van der Waals surface area contributed by atoms with E-state index in [1.54, 1.807) is 12.1 Å². The predicted molar refractivity (Wildman–Crippen MR) is 66.9 cm³/mol. The van der Waals surface area contributed by atoms with E-state index in [0.717, 1.165) is 17.4 Å². The van der Waals surface area contributed by atoms with E-state index in [1.165, 1.54) is 0 Å². The zero-order valence-corrected chi connectivity index (χ0v) is 10.4. The molecule has 0 saturated heterocycles. The molecule has 96 valence electrons. The third kappa shape index (κ3) is 3.10. The highest BCUT2D eigenvalue weighted by molar-refractivity contribution is 5.96. The Kier molecular flexibility index (Phi) is 4.48. The summed E-state index contributed by atoms with van der Waals surface area (Å²) in [6.07, 6.45) is 0.973. The fraction of sp³-hybridized carbons (Fsp3) is 0.231. The predicted octanol–water partition coefficient (Wildman–Crippen LogP) is 1.73. The van der Waals surface area contributed by atoms with Gasteiger partial charge in [0.05, 0.1) is 11.8 Å². The van der Waals surface area contributed by atoms with Gasteiger partial charge in [-0.25, -0.2) is 9.59 Å². The summed E-state index contributed by atoms with van der Waals surface area (Å²) in [4.78, 5) is 22.7. The molecule has 0 aromatic heterocycles. The lowest BCUT2D eigenvalue weighted by molar-refractivity contribution is -0.141. The highest BCUT2D eigenvalue weighted by Gasteiger charge is 2.15. The van der Waals surface area contributed by atoms with Gasteiger partial charge < -0.3 is 15.2 Å². The Morgan fingerprint density at radius 3 is 2.67 bits per heavy atom. The van der Waals surface area contributed by atoms with Gasteiger partial charge >= 0.3 is 11.9 Å². The molecular weight excluding hydrogens is 234 g/mol. The monoisotopic (exact) mass is 249 g/mol. The molecule has 0 radical (unpaired) electrons. The highest BCUT2D eigenvalue weighted by atomic mass is 16.6. The standard InChI is InChI=1S/C13H15NO4/c1-4-17-11(15)7-18-13(16)10-6-5-8(2)9(3)12(10)14/h4-6H,1,7,14H2,2-3H3. The van der Waals surface area contributed by atoms with E-state index in [4.69, 9.17) is 10.5 Å². The first-order chi connectivity index (χ1) is 8.47. The number of carbonyl (C=O) groups is 2. The number of anilines is 1. The van der Waals surface area contributed by atoms with Crippen molar-refractivity contribution in [1.82, 2.24) is 0 Å². The summed E-state index contributed by atoms with van der Waals surface area (Å²) in [5, 5.41) is 0. The van der Waals surface area contributed by atoms with Crippen LogP contribution in [0.5, 0.6) is 0 Å². The van der Waals surface area contributed by atoms with Gasteiger partial charge in [-0.15, -0.1) is 0 Å². The second-order valence-corrected chi connectivity index (χ2v) is 3.70. The Labute approximate surface area is 105 Å². The zero-order chi connectivity index (χ0) is 13.7. The van der Waals surface area contributed by atoms with Crippen LogP contribution >= 0.6 is 0 Å². The molecule has 5 nitrogen and oxygen atoms in total. The maximum atomic E-state index is 11.7. The van der Waals surface area contributed by atoms with Crippen LogP contribution in [0.15, 0.2) is 25.0 Å². The van der Waals surface area contributed by atoms with Crippen molar-refractivity contribution in [3.8, 4) is 0 Å². The number of hydrogen-bond acceptors (Lipinski definition) is 5. The molecule has 1 aromatic rings. The van der Waals surface area contributed by atoms with Gasteiger partial charge in [-0.05, 0) is 31.0 Å². The molecule has 0 saturated carbocycles. The van der Waals surface area contributed by atoms with Crippen molar-refractivity contribution >= 4 is 17.6 Å². The number of aryl methyl sites for hydroxylation is 1. The Hall–Kier alpha value is -2.30. The van der Waals surface area contributed by atoms with Crippen LogP contribution in [0, 0.1) is 13.8 Å². The zero-order valence-electron chi connectivity index (χ0n) is 10.4. The quantitative estimate of drug-likeness (QED) is 0.499. The van der Waals surface area contributed by atoms with Crippen molar-refractivity contribution in [3.05, 3.63) is 41.7 Å². The number of nitrogen functional groups attached to an aromatic ring is 1. The first-order valence-corrected chi connectivity index (χ1v) is 5.30. The van der Waals surface area contributed by atoms with Gasteiger partial charge in [-0.1, -0.05) is 12.6 Å². The minimum absolute atomic E-state index is 0.240. The molecule has 1 aromatic carbocycles. The maximum Gasteiger partial charge on any atom is 0.349 e. The first-order valence-electron chi connectivity index (χ1n) is 5.30. The number of ether oxygens (including phenoxy) is 2. The van der Waals surface area contributed by atoms with Crippen LogP contribution in [0.3, 0.4) is 0 Å². The molecule has 0 aliphatic heterocycles. The molecule has 0 amide bonds. The molecule has 0 aliphatic rings. The molecule has 2 N–H and O–H groups in total. The molecule has 5 heteroatoms. The lowest BCUT2D eigenvalue weighted by atomic mass is 10.0. The molecule has 18 heavy (non-hydrogen) atoms. The van der Waals surface area contributed by atoms with Crippen molar-refractivity contribution in [2.75, 3.05) is 12.3 Å². The smallest absolute Gasteiger partial charge is 0.349 e. The van der Waals surface area contributed by atoms with Gasteiger partial charge in [0.25, 0.3) is 0 Å². The summed E-state index contributed by atoms with van der Waals surface area (Å²) in [7, 11) is 0. The molecular formula is C13H15NO4. The number of carbonyl (C=O) groups excluding carboxylic acids is 2. The minimum atomic E-state index is -0.694. The topological polar surface area (TPSA) is 78.6 Å². The van der Waals surface area contributed by atoms with Gasteiger partial charge in [0, 0.05) is 5.69 Å². The van der Waals surface area contributed by atoms with Crippen LogP contribution < -0.4 is 5.73 Å². The van der Waals surface area contributed by atoms with E-state index in [-0.39, 0.29) is 5.56 Å². The number of nitrogens with two attached hydrogens (primary N) is 1. The summed E-state index contributed by atoms with van der Waals surface area (Å²) >= 11 is 0. The summed E-state index contributed by atoms with van der Waals surface area (Å²) in [5.74, 6) is -1.35. The molecule has 0 fully saturated rings. The Bertz CT molecular complexity index is 494. The van der Waals surface area contributed by atoms with Crippen LogP contribution in [0.1, 0.15) is 21.5 Å². The van der Waals surface area contributed by atoms with E-state index in [9.17, 15) is 9.59 Å². The lowest BCUT2D eigenvalue weighted by Crippen LogP contribution is -2.16. The Balaban J connectivity index is 2.76. The summed E-state index contributed by atoms with van der Waals surface area (Å²) in [5.41, 5.74) is 8.21. The average molecular weight is 249 g/mol. The van der Waals surface area contributed by atoms with Gasteiger partial charge in [-0.2, -0.15) is 0 Å². The third-order valence-corrected chi connectivity index (χ3v) is 2.54. The van der Waals surface area contributed by atoms with E-state index in [0.29, 0.717) is 5.69 Å². The van der Waals surface area contributed by atoms with Crippen molar-refractivity contribution < 1.29 is 19.1 Å². The summed E-state index contributed by atoms with van der Waals surface area (Å²) < 4.78 is 9.19.